The normalized spacial score (nSPS) is 18.6. The lowest BCUT2D eigenvalue weighted by molar-refractivity contribution is -0.276. The monoisotopic (exact) mass is 809 g/mol. The van der Waals surface area contributed by atoms with E-state index < -0.39 is 28.3 Å². The number of nitrogens with one attached hydrogen (secondary N) is 2. The van der Waals surface area contributed by atoms with E-state index in [-0.39, 0.29) is 36.0 Å². The fraction of sp³-hybridized carbons (Fsp3) is 0.245. The van der Waals surface area contributed by atoms with E-state index in [0.717, 1.165) is 40.9 Å². The van der Waals surface area contributed by atoms with Crippen molar-refractivity contribution in [1.29, 1.82) is 0 Å². The highest BCUT2D eigenvalue weighted by atomic mass is 32.2. The Hall–Kier alpha value is -5.46. The zero-order valence-corrected chi connectivity index (χ0v) is 34.2. The van der Waals surface area contributed by atoms with Crippen LogP contribution in [0.5, 0.6) is 0 Å². The van der Waals surface area contributed by atoms with Gasteiger partial charge in [0.05, 0.1) is 23.7 Å². The molecule has 1 aliphatic heterocycles. The number of aliphatic hydroxyl groups excluding tert-OH is 1. The lowest BCUT2D eigenvalue weighted by atomic mass is 9.89. The van der Waals surface area contributed by atoms with Crippen LogP contribution in [0.4, 0.5) is 5.69 Å². The molecule has 1 aliphatic rings. The molecule has 0 bridgehead atoms. The van der Waals surface area contributed by atoms with Crippen LogP contribution in [0.2, 0.25) is 0 Å². The maximum absolute atomic E-state index is 13.8. The van der Waals surface area contributed by atoms with Crippen LogP contribution < -0.4 is 10.0 Å². The first-order chi connectivity index (χ1) is 28.6. The summed E-state index contributed by atoms with van der Waals surface area (Å²) in [5, 5.41) is 12.7. The number of nitrogens with zero attached hydrogens (tertiary/aromatic N) is 1. The summed E-state index contributed by atoms with van der Waals surface area (Å²) in [7, 11) is -4.00. The van der Waals surface area contributed by atoms with Gasteiger partial charge in [-0.25, -0.2) is 8.42 Å². The predicted molar refractivity (Wildman–Crippen MR) is 230 cm³/mol. The molecule has 1 heterocycles. The number of sulfonamides is 1. The van der Waals surface area contributed by atoms with Gasteiger partial charge in [0, 0.05) is 36.8 Å². The molecule has 1 fully saturated rings. The Morgan fingerprint density at radius 1 is 0.678 bits per heavy atom. The van der Waals surface area contributed by atoms with Crippen molar-refractivity contribution in [2.75, 3.05) is 11.9 Å². The molecular weight excluding hydrogens is 759 g/mol. The lowest BCUT2D eigenvalue weighted by Crippen LogP contribution is -2.45. The summed E-state index contributed by atoms with van der Waals surface area (Å²) < 4.78 is 43.1. The molecule has 1 amide bonds. The van der Waals surface area contributed by atoms with Gasteiger partial charge < -0.3 is 19.9 Å². The fourth-order valence-corrected chi connectivity index (χ4v) is 8.61. The largest absolute Gasteiger partial charge is 0.392 e. The smallest absolute Gasteiger partial charge is 0.242 e. The topological polar surface area (TPSA) is 117 Å². The molecule has 0 aromatic heterocycles. The van der Waals surface area contributed by atoms with Crippen molar-refractivity contribution in [3.05, 3.63) is 203 Å². The molecule has 5 atom stereocenters. The van der Waals surface area contributed by atoms with Gasteiger partial charge in [0.1, 0.15) is 6.04 Å². The Kier molecular flexibility index (Phi) is 13.8. The summed E-state index contributed by atoms with van der Waals surface area (Å²) >= 11 is 0. The molecule has 6 aromatic rings. The van der Waals surface area contributed by atoms with Crippen molar-refractivity contribution in [2.24, 2.45) is 5.92 Å². The van der Waals surface area contributed by atoms with Crippen LogP contribution in [0.15, 0.2) is 169 Å². The second kappa shape index (κ2) is 19.5. The van der Waals surface area contributed by atoms with E-state index >= 15 is 0 Å². The molecule has 10 heteroatoms. The molecule has 9 nitrogen and oxygen atoms in total. The maximum Gasteiger partial charge on any atom is 0.242 e. The van der Waals surface area contributed by atoms with Crippen LogP contribution in [-0.4, -0.2) is 43.0 Å². The molecular formula is C49H51N3O6S. The number of anilines is 1. The Morgan fingerprint density at radius 2 is 1.22 bits per heavy atom. The van der Waals surface area contributed by atoms with Crippen LogP contribution >= 0.6 is 0 Å². The molecule has 6 aromatic carbocycles. The van der Waals surface area contributed by atoms with E-state index in [4.69, 9.17) is 9.47 Å². The van der Waals surface area contributed by atoms with Gasteiger partial charge in [0.15, 0.2) is 6.29 Å². The second-order valence-electron chi connectivity index (χ2n) is 15.3. The van der Waals surface area contributed by atoms with Crippen molar-refractivity contribution in [2.45, 2.75) is 69.4 Å². The Labute approximate surface area is 347 Å². The van der Waals surface area contributed by atoms with Crippen molar-refractivity contribution in [3.8, 4) is 0 Å². The summed E-state index contributed by atoms with van der Waals surface area (Å²) in [4.78, 5) is 16.4. The highest BCUT2D eigenvalue weighted by Gasteiger charge is 2.39. The first-order valence-electron chi connectivity index (χ1n) is 20.0. The van der Waals surface area contributed by atoms with E-state index in [2.05, 4.69) is 70.4 Å². The molecule has 0 saturated carbocycles. The number of amides is 1. The SMILES string of the molecule is Cc1ccc(S(=O)(=O)NC(Cc2ccccc2)C(=O)Nc2ccc(C3OC(CN(Cc4ccccc4)Cc4ccccc4)C(C)C(c4ccc(CO)cc4)O3)cc2)cc1. The van der Waals surface area contributed by atoms with Crippen LogP contribution in [-0.2, 0) is 50.4 Å². The molecule has 0 radical (unpaired) electrons. The molecule has 3 N–H and O–H groups in total. The number of aliphatic hydroxyl groups is 1. The molecule has 0 aliphatic carbocycles. The van der Waals surface area contributed by atoms with Crippen molar-refractivity contribution >= 4 is 21.6 Å². The van der Waals surface area contributed by atoms with Crippen LogP contribution in [0, 0.1) is 12.8 Å². The number of aryl methyl sites for hydroxylation is 1. The fourth-order valence-electron chi connectivity index (χ4n) is 7.41. The third-order valence-electron chi connectivity index (χ3n) is 10.7. The molecule has 5 unspecified atom stereocenters. The van der Waals surface area contributed by atoms with Gasteiger partial charge in [-0.3, -0.25) is 9.69 Å². The molecule has 304 valence electrons. The van der Waals surface area contributed by atoms with E-state index in [0.29, 0.717) is 12.2 Å². The molecule has 7 rings (SSSR count). The lowest BCUT2D eigenvalue weighted by Gasteiger charge is -2.43. The van der Waals surface area contributed by atoms with E-state index in [1.165, 1.54) is 23.3 Å². The van der Waals surface area contributed by atoms with Gasteiger partial charge in [-0.1, -0.05) is 152 Å². The van der Waals surface area contributed by atoms with Gasteiger partial charge in [-0.05, 0) is 65.4 Å². The maximum atomic E-state index is 13.8. The first kappa shape index (κ1) is 41.7. The number of carbonyl (C=O) groups excluding carboxylic acids is 1. The van der Waals surface area contributed by atoms with Crippen LogP contribution in [0.3, 0.4) is 0 Å². The molecule has 0 spiro atoms. The minimum atomic E-state index is -4.00. The van der Waals surface area contributed by atoms with E-state index in [9.17, 15) is 18.3 Å². The van der Waals surface area contributed by atoms with Crippen molar-refractivity contribution in [1.82, 2.24) is 9.62 Å². The van der Waals surface area contributed by atoms with Gasteiger partial charge in [0.2, 0.25) is 15.9 Å². The standard InChI is InChI=1S/C49H51N3O6S/c1-35-18-28-44(29-19-35)59(55,56)51-45(30-37-12-6-3-7-13-37)48(54)50-43-26-24-42(25-27-43)49-57-46(36(2)47(58-49)41-22-20-40(34-53)21-23-41)33-52(31-38-14-8-4-9-15-38)32-39-16-10-5-11-17-39/h3-29,36,45-47,49,51,53H,30-34H2,1-2H3,(H,50,54). The summed E-state index contributed by atoms with van der Waals surface area (Å²) in [5.74, 6) is -0.510. The average Bonchev–Trinajstić information content (AvgIpc) is 3.25. The minimum Gasteiger partial charge on any atom is -0.392 e. The third-order valence-corrected chi connectivity index (χ3v) is 12.2. The first-order valence-corrected chi connectivity index (χ1v) is 21.5. The minimum absolute atomic E-state index is 0.0240. The van der Waals surface area contributed by atoms with Crippen molar-refractivity contribution < 1.29 is 27.8 Å². The van der Waals surface area contributed by atoms with Gasteiger partial charge in [-0.15, -0.1) is 0 Å². The Morgan fingerprint density at radius 3 is 1.78 bits per heavy atom. The highest BCUT2D eigenvalue weighted by Crippen LogP contribution is 2.42. The van der Waals surface area contributed by atoms with Crippen LogP contribution in [0.25, 0.3) is 0 Å². The molecule has 1 saturated heterocycles. The number of carbonyl (C=O) groups is 1. The molecule has 59 heavy (non-hydrogen) atoms. The Bertz CT molecular complexity index is 2300. The second-order valence-corrected chi connectivity index (χ2v) is 17.0. The average molecular weight is 810 g/mol. The Balaban J connectivity index is 1.12. The van der Waals surface area contributed by atoms with E-state index in [1.807, 2.05) is 85.8 Å². The van der Waals surface area contributed by atoms with Crippen molar-refractivity contribution in [3.63, 3.8) is 0 Å². The number of benzene rings is 6. The zero-order chi connectivity index (χ0) is 41.2. The quantitative estimate of drug-likeness (QED) is 0.0898. The number of hydrogen-bond donors (Lipinski definition) is 3. The van der Waals surface area contributed by atoms with E-state index in [1.54, 1.807) is 24.3 Å². The number of rotatable bonds is 16. The summed E-state index contributed by atoms with van der Waals surface area (Å²) in [5.41, 5.74) is 7.26. The van der Waals surface area contributed by atoms with Crippen LogP contribution in [0.1, 0.15) is 58.3 Å². The number of ether oxygens (including phenoxy) is 2. The zero-order valence-electron chi connectivity index (χ0n) is 33.4. The summed E-state index contributed by atoms with van der Waals surface area (Å²) in [6.07, 6.45) is -1.08. The van der Waals surface area contributed by atoms with Gasteiger partial charge in [0.25, 0.3) is 0 Å². The summed E-state index contributed by atoms with van der Waals surface area (Å²) in [6, 6.07) is 50.8. The highest BCUT2D eigenvalue weighted by molar-refractivity contribution is 7.89. The van der Waals surface area contributed by atoms with Gasteiger partial charge in [-0.2, -0.15) is 4.72 Å². The number of hydrogen-bond acceptors (Lipinski definition) is 7. The van der Waals surface area contributed by atoms with Gasteiger partial charge >= 0.3 is 0 Å². The third kappa shape index (κ3) is 11.2. The summed E-state index contributed by atoms with van der Waals surface area (Å²) in [6.45, 7) is 6.13. The predicted octanol–water partition coefficient (Wildman–Crippen LogP) is 8.51.